The number of piperazine rings is 1. The molecule has 1 N–H and O–H groups in total. The van der Waals surface area contributed by atoms with Crippen molar-refractivity contribution in [1.29, 1.82) is 0 Å². The van der Waals surface area contributed by atoms with Crippen molar-refractivity contribution < 1.29 is 9.59 Å². The molecule has 2 amide bonds. The van der Waals surface area contributed by atoms with Gasteiger partial charge in [-0.2, -0.15) is 0 Å². The number of para-hydroxylation sites is 1. The number of hydrogen-bond donors (Lipinski definition) is 1. The van der Waals surface area contributed by atoms with Crippen molar-refractivity contribution in [3.8, 4) is 0 Å². The van der Waals surface area contributed by atoms with Crippen LogP contribution in [0.1, 0.15) is 27.2 Å². The highest BCUT2D eigenvalue weighted by Crippen LogP contribution is 2.19. The molecule has 0 saturated carbocycles. The van der Waals surface area contributed by atoms with Crippen molar-refractivity contribution in [3.63, 3.8) is 0 Å². The van der Waals surface area contributed by atoms with Crippen LogP contribution in [0.15, 0.2) is 36.5 Å². The minimum atomic E-state index is -0.0186. The van der Waals surface area contributed by atoms with E-state index in [9.17, 15) is 9.59 Å². The number of benzene rings is 1. The predicted octanol–water partition coefficient (Wildman–Crippen LogP) is 2.40. The molecule has 6 heteroatoms. The molecule has 1 saturated heterocycles. The Morgan fingerprint density at radius 1 is 1.00 bits per heavy atom. The molecule has 6 nitrogen and oxygen atoms in total. The number of hydrogen-bond acceptors (Lipinski definition) is 4. The standard InChI is InChI=1S/C21H26N4O2/c1-15-5-4-6-16(2)20(15)23-19(26)14-24-9-11-25(12-10-24)21(27)18-8-7-17(3)22-13-18/h4-8,13H,9-12,14H2,1-3H3,(H,23,26). The zero-order chi connectivity index (χ0) is 19.4. The minimum Gasteiger partial charge on any atom is -0.336 e. The molecule has 3 rings (SSSR count). The topological polar surface area (TPSA) is 65.5 Å². The van der Waals surface area contributed by atoms with Gasteiger partial charge in [0.2, 0.25) is 5.91 Å². The van der Waals surface area contributed by atoms with Gasteiger partial charge < -0.3 is 10.2 Å². The van der Waals surface area contributed by atoms with Crippen molar-refractivity contribution in [3.05, 3.63) is 58.9 Å². The molecule has 1 fully saturated rings. The van der Waals surface area contributed by atoms with E-state index < -0.39 is 0 Å². The molecular weight excluding hydrogens is 340 g/mol. The van der Waals surface area contributed by atoms with Gasteiger partial charge >= 0.3 is 0 Å². The van der Waals surface area contributed by atoms with Crippen LogP contribution in [0.4, 0.5) is 5.69 Å². The highest BCUT2D eigenvalue weighted by Gasteiger charge is 2.23. The number of pyridine rings is 1. The third-order valence-corrected chi connectivity index (χ3v) is 4.93. The quantitative estimate of drug-likeness (QED) is 0.902. The lowest BCUT2D eigenvalue weighted by Crippen LogP contribution is -2.50. The first kappa shape index (κ1) is 19.0. The van der Waals surface area contributed by atoms with Crippen molar-refractivity contribution in [2.45, 2.75) is 20.8 Å². The summed E-state index contributed by atoms with van der Waals surface area (Å²) >= 11 is 0. The van der Waals surface area contributed by atoms with E-state index in [1.54, 1.807) is 6.20 Å². The lowest BCUT2D eigenvalue weighted by atomic mass is 10.1. The van der Waals surface area contributed by atoms with Crippen LogP contribution in [0.5, 0.6) is 0 Å². The molecule has 1 aromatic heterocycles. The second-order valence-electron chi connectivity index (χ2n) is 7.07. The van der Waals surface area contributed by atoms with Crippen LogP contribution in [-0.4, -0.2) is 59.3 Å². The van der Waals surface area contributed by atoms with Gasteiger partial charge in [-0.25, -0.2) is 0 Å². The maximum Gasteiger partial charge on any atom is 0.255 e. The highest BCUT2D eigenvalue weighted by atomic mass is 16.2. The monoisotopic (exact) mass is 366 g/mol. The van der Waals surface area contributed by atoms with E-state index in [-0.39, 0.29) is 11.8 Å². The smallest absolute Gasteiger partial charge is 0.255 e. The molecule has 1 aliphatic rings. The van der Waals surface area contributed by atoms with Crippen LogP contribution < -0.4 is 5.32 Å². The fourth-order valence-electron chi connectivity index (χ4n) is 3.28. The Bertz CT molecular complexity index is 804. The second-order valence-corrected chi connectivity index (χ2v) is 7.07. The van der Waals surface area contributed by atoms with E-state index in [4.69, 9.17) is 0 Å². The summed E-state index contributed by atoms with van der Waals surface area (Å²) in [6, 6.07) is 9.64. The largest absolute Gasteiger partial charge is 0.336 e. The molecule has 2 heterocycles. The van der Waals surface area contributed by atoms with Crippen LogP contribution in [0, 0.1) is 20.8 Å². The Hall–Kier alpha value is -2.73. The number of amides is 2. The molecule has 2 aromatic rings. The van der Waals surface area contributed by atoms with Gasteiger partial charge in [0.25, 0.3) is 5.91 Å². The number of carbonyl (C=O) groups excluding carboxylic acids is 2. The molecule has 0 bridgehead atoms. The maximum atomic E-state index is 12.5. The molecule has 27 heavy (non-hydrogen) atoms. The maximum absolute atomic E-state index is 12.5. The summed E-state index contributed by atoms with van der Waals surface area (Å²) in [6.45, 7) is 8.82. The fourth-order valence-corrected chi connectivity index (χ4v) is 3.28. The summed E-state index contributed by atoms with van der Waals surface area (Å²) < 4.78 is 0. The van der Waals surface area contributed by atoms with Crippen LogP contribution in [0.3, 0.4) is 0 Å². The van der Waals surface area contributed by atoms with Gasteiger partial charge in [-0.3, -0.25) is 19.5 Å². The summed E-state index contributed by atoms with van der Waals surface area (Å²) in [4.78, 5) is 33.1. The van der Waals surface area contributed by atoms with Crippen molar-refractivity contribution in [2.75, 3.05) is 38.0 Å². The Balaban J connectivity index is 1.51. The third kappa shape index (κ3) is 4.71. The third-order valence-electron chi connectivity index (χ3n) is 4.93. The fraction of sp³-hybridized carbons (Fsp3) is 0.381. The summed E-state index contributed by atoms with van der Waals surface area (Å²) in [5.41, 5.74) is 4.52. The van der Waals surface area contributed by atoms with Gasteiger partial charge in [0.05, 0.1) is 12.1 Å². The second kappa shape index (κ2) is 8.31. The van der Waals surface area contributed by atoms with E-state index in [0.29, 0.717) is 38.3 Å². The van der Waals surface area contributed by atoms with Gasteiger partial charge in [0.15, 0.2) is 0 Å². The van der Waals surface area contributed by atoms with Crippen molar-refractivity contribution in [1.82, 2.24) is 14.8 Å². The van der Waals surface area contributed by atoms with E-state index >= 15 is 0 Å². The molecular formula is C21H26N4O2. The lowest BCUT2D eigenvalue weighted by Gasteiger charge is -2.34. The van der Waals surface area contributed by atoms with Crippen LogP contribution in [0.2, 0.25) is 0 Å². The summed E-state index contributed by atoms with van der Waals surface area (Å²) in [6.07, 6.45) is 1.63. The zero-order valence-corrected chi connectivity index (χ0v) is 16.2. The Kier molecular flexibility index (Phi) is 5.86. The molecule has 0 unspecified atom stereocenters. The van der Waals surface area contributed by atoms with Gasteiger partial charge in [-0.15, -0.1) is 0 Å². The summed E-state index contributed by atoms with van der Waals surface area (Å²) in [5, 5.41) is 3.02. The first-order valence-electron chi connectivity index (χ1n) is 9.24. The molecule has 0 radical (unpaired) electrons. The SMILES string of the molecule is Cc1ccc(C(=O)N2CCN(CC(=O)Nc3c(C)cccc3C)CC2)cn1. The first-order valence-corrected chi connectivity index (χ1v) is 9.24. The molecule has 0 aliphatic carbocycles. The van der Waals surface area contributed by atoms with E-state index in [1.807, 2.05) is 56.0 Å². The lowest BCUT2D eigenvalue weighted by molar-refractivity contribution is -0.117. The highest BCUT2D eigenvalue weighted by molar-refractivity contribution is 5.94. The van der Waals surface area contributed by atoms with E-state index in [2.05, 4.69) is 15.2 Å². The number of carbonyl (C=O) groups is 2. The van der Waals surface area contributed by atoms with Crippen molar-refractivity contribution in [2.24, 2.45) is 0 Å². The molecule has 0 spiro atoms. The molecule has 0 atom stereocenters. The molecule has 142 valence electrons. The van der Waals surface area contributed by atoms with E-state index in [0.717, 1.165) is 22.5 Å². The van der Waals surface area contributed by atoms with Gasteiger partial charge in [-0.05, 0) is 44.0 Å². The van der Waals surface area contributed by atoms with Crippen LogP contribution in [-0.2, 0) is 4.79 Å². The predicted molar refractivity (Wildman–Crippen MR) is 106 cm³/mol. The van der Waals surface area contributed by atoms with Gasteiger partial charge in [0, 0.05) is 43.8 Å². The molecule has 1 aromatic carbocycles. The number of anilines is 1. The number of nitrogens with one attached hydrogen (secondary N) is 1. The summed E-state index contributed by atoms with van der Waals surface area (Å²) in [5.74, 6) is -0.0166. The number of aryl methyl sites for hydroxylation is 3. The minimum absolute atomic E-state index is 0.00198. The Labute approximate surface area is 160 Å². The zero-order valence-electron chi connectivity index (χ0n) is 16.2. The van der Waals surface area contributed by atoms with Crippen LogP contribution >= 0.6 is 0 Å². The number of aromatic nitrogens is 1. The number of rotatable bonds is 4. The summed E-state index contributed by atoms with van der Waals surface area (Å²) in [7, 11) is 0. The Morgan fingerprint density at radius 2 is 1.67 bits per heavy atom. The molecule has 1 aliphatic heterocycles. The normalized spacial score (nSPS) is 14.9. The average Bonchev–Trinajstić information content (AvgIpc) is 2.65. The van der Waals surface area contributed by atoms with Gasteiger partial charge in [-0.1, -0.05) is 18.2 Å². The number of nitrogens with zero attached hydrogens (tertiary/aromatic N) is 3. The Morgan fingerprint density at radius 3 is 2.26 bits per heavy atom. The average molecular weight is 366 g/mol. The first-order chi connectivity index (χ1) is 12.9. The van der Waals surface area contributed by atoms with Gasteiger partial charge in [0.1, 0.15) is 0 Å². The van der Waals surface area contributed by atoms with Crippen molar-refractivity contribution >= 4 is 17.5 Å². The van der Waals surface area contributed by atoms with Crippen LogP contribution in [0.25, 0.3) is 0 Å². The van der Waals surface area contributed by atoms with E-state index in [1.165, 1.54) is 0 Å².